The molecule has 0 aromatic carbocycles. The fourth-order valence-electron chi connectivity index (χ4n) is 0.710. The Morgan fingerprint density at radius 1 is 1.91 bits per heavy atom. The number of nitrogens with two attached hydrogens (primary N) is 1. The molecule has 0 fully saturated rings. The molecule has 1 rings (SSSR count). The van der Waals surface area contributed by atoms with Crippen molar-refractivity contribution >= 4 is 5.97 Å². The zero-order chi connectivity index (χ0) is 8.27. The fourth-order valence-corrected chi connectivity index (χ4v) is 0.710. The molecule has 60 valence electrons. The standard InChI is InChI=1S/C6H9N3O2/c1-2-11-6(10)5-3-8-4-9(5)7/h3-4H,2,7H2,1H3/p+1. The van der Waals surface area contributed by atoms with Crippen LogP contribution in [0.15, 0.2) is 12.5 Å². The maximum Gasteiger partial charge on any atom is 0.384 e. The van der Waals surface area contributed by atoms with Crippen molar-refractivity contribution in [2.75, 3.05) is 12.4 Å². The molecule has 0 amide bonds. The smallest absolute Gasteiger partial charge is 0.384 e. The van der Waals surface area contributed by atoms with Gasteiger partial charge in [0.05, 0.1) is 6.61 Å². The van der Waals surface area contributed by atoms with E-state index in [1.807, 2.05) is 0 Å². The summed E-state index contributed by atoms with van der Waals surface area (Å²) in [5.74, 6) is 4.94. The Morgan fingerprint density at radius 2 is 2.64 bits per heavy atom. The highest BCUT2D eigenvalue weighted by Crippen LogP contribution is 1.90. The number of aromatic nitrogens is 2. The van der Waals surface area contributed by atoms with Gasteiger partial charge >= 0.3 is 5.97 Å². The average molecular weight is 156 g/mol. The third-order valence-electron chi connectivity index (χ3n) is 1.20. The lowest BCUT2D eigenvalue weighted by Gasteiger charge is -1.95. The van der Waals surface area contributed by atoms with Crippen LogP contribution in [-0.4, -0.2) is 17.6 Å². The molecule has 0 atom stereocenters. The van der Waals surface area contributed by atoms with E-state index in [9.17, 15) is 4.79 Å². The van der Waals surface area contributed by atoms with Crippen LogP contribution in [0.5, 0.6) is 0 Å². The number of nitrogens with one attached hydrogen (secondary N) is 1. The van der Waals surface area contributed by atoms with Gasteiger partial charge in [0, 0.05) is 0 Å². The van der Waals surface area contributed by atoms with E-state index in [0.717, 1.165) is 0 Å². The van der Waals surface area contributed by atoms with E-state index >= 15 is 0 Å². The summed E-state index contributed by atoms with van der Waals surface area (Å²) < 4.78 is 5.89. The van der Waals surface area contributed by atoms with Crippen LogP contribution in [0.25, 0.3) is 0 Å². The number of nitrogen functional groups attached to an aromatic ring is 1. The van der Waals surface area contributed by atoms with E-state index in [2.05, 4.69) is 4.98 Å². The minimum atomic E-state index is -0.420. The summed E-state index contributed by atoms with van der Waals surface area (Å²) in [6.07, 6.45) is 2.95. The number of aromatic amines is 1. The number of imidazole rings is 1. The summed E-state index contributed by atoms with van der Waals surface area (Å²) in [5.41, 5.74) is 0.312. The van der Waals surface area contributed by atoms with Crippen molar-refractivity contribution in [2.45, 2.75) is 6.92 Å². The van der Waals surface area contributed by atoms with Crippen LogP contribution in [-0.2, 0) is 4.74 Å². The first-order chi connectivity index (χ1) is 5.25. The molecular formula is C6H10N3O2+. The maximum atomic E-state index is 11.0. The van der Waals surface area contributed by atoms with E-state index < -0.39 is 5.97 Å². The Hall–Kier alpha value is -1.52. The molecule has 3 N–H and O–H groups in total. The number of carbonyl (C=O) groups excluding carboxylic acids is 1. The second-order valence-corrected chi connectivity index (χ2v) is 1.95. The number of hydrogen-bond donors (Lipinski definition) is 2. The monoisotopic (exact) mass is 156 g/mol. The molecule has 5 heteroatoms. The van der Waals surface area contributed by atoms with Crippen molar-refractivity contribution in [1.82, 2.24) is 4.98 Å². The van der Waals surface area contributed by atoms with Gasteiger partial charge in [0.2, 0.25) is 0 Å². The first kappa shape index (κ1) is 7.59. The van der Waals surface area contributed by atoms with Crippen molar-refractivity contribution in [2.24, 2.45) is 0 Å². The summed E-state index contributed by atoms with van der Waals surface area (Å²) in [6, 6.07) is 0. The SMILES string of the molecule is CCOC(=O)c1c[nH]c[n+]1N. The van der Waals surface area contributed by atoms with Gasteiger partial charge in [-0.25, -0.2) is 9.78 Å². The fraction of sp³-hybridized carbons (Fsp3) is 0.333. The third kappa shape index (κ3) is 1.49. The zero-order valence-electron chi connectivity index (χ0n) is 6.20. The lowest BCUT2D eigenvalue weighted by molar-refractivity contribution is -0.640. The third-order valence-corrected chi connectivity index (χ3v) is 1.20. The van der Waals surface area contributed by atoms with Crippen LogP contribution in [0.4, 0.5) is 0 Å². The first-order valence-electron chi connectivity index (χ1n) is 3.26. The minimum Gasteiger partial charge on any atom is -0.460 e. The summed E-state index contributed by atoms with van der Waals surface area (Å²) in [5, 5.41) is 0. The molecule has 11 heavy (non-hydrogen) atoms. The van der Waals surface area contributed by atoms with E-state index in [4.69, 9.17) is 10.6 Å². The number of hydrogen-bond acceptors (Lipinski definition) is 3. The van der Waals surface area contributed by atoms with Crippen LogP contribution < -0.4 is 10.5 Å². The molecule has 0 saturated carbocycles. The number of H-pyrrole nitrogens is 1. The number of nitrogens with zero attached hydrogens (tertiary/aromatic N) is 1. The molecule has 1 aromatic heterocycles. The zero-order valence-corrected chi connectivity index (χ0v) is 6.20. The molecular weight excluding hydrogens is 146 g/mol. The van der Waals surface area contributed by atoms with Gasteiger partial charge in [0.15, 0.2) is 0 Å². The highest BCUT2D eigenvalue weighted by molar-refractivity contribution is 5.85. The van der Waals surface area contributed by atoms with Crippen molar-refractivity contribution in [3.8, 4) is 0 Å². The number of carbonyl (C=O) groups is 1. The van der Waals surface area contributed by atoms with Gasteiger partial charge in [-0.2, -0.15) is 0 Å². The molecule has 0 aliphatic carbocycles. The van der Waals surface area contributed by atoms with Crippen molar-refractivity contribution in [1.29, 1.82) is 0 Å². The Balaban J connectivity index is 2.76. The molecule has 0 saturated heterocycles. The lowest BCUT2D eigenvalue weighted by Crippen LogP contribution is -2.47. The van der Waals surface area contributed by atoms with E-state index in [0.29, 0.717) is 12.3 Å². The predicted octanol–water partition coefficient (Wildman–Crippen LogP) is -0.807. The van der Waals surface area contributed by atoms with E-state index in [-0.39, 0.29) is 0 Å². The van der Waals surface area contributed by atoms with Crippen LogP contribution in [0.1, 0.15) is 17.4 Å². The van der Waals surface area contributed by atoms with Crippen LogP contribution in [0.2, 0.25) is 0 Å². The van der Waals surface area contributed by atoms with Crippen molar-refractivity contribution in [3.05, 3.63) is 18.2 Å². The molecule has 0 unspecified atom stereocenters. The van der Waals surface area contributed by atoms with Gasteiger partial charge in [-0.1, -0.05) is 0 Å². The minimum absolute atomic E-state index is 0.312. The Kier molecular flexibility index (Phi) is 2.10. The van der Waals surface area contributed by atoms with E-state index in [1.54, 1.807) is 6.92 Å². The van der Waals surface area contributed by atoms with Crippen LogP contribution >= 0.6 is 0 Å². The Morgan fingerprint density at radius 3 is 3.09 bits per heavy atom. The molecule has 0 aliphatic rings. The molecule has 0 aliphatic heterocycles. The molecule has 0 bridgehead atoms. The van der Waals surface area contributed by atoms with Crippen LogP contribution in [0, 0.1) is 0 Å². The number of ether oxygens (including phenoxy) is 1. The van der Waals surface area contributed by atoms with E-state index in [1.165, 1.54) is 17.2 Å². The summed E-state index contributed by atoms with van der Waals surface area (Å²) >= 11 is 0. The van der Waals surface area contributed by atoms with Gasteiger partial charge in [-0.15, -0.1) is 4.68 Å². The largest absolute Gasteiger partial charge is 0.460 e. The topological polar surface area (TPSA) is 72.0 Å². The second kappa shape index (κ2) is 3.05. The summed E-state index contributed by atoms with van der Waals surface area (Å²) in [4.78, 5) is 13.7. The molecule has 1 heterocycles. The average Bonchev–Trinajstić information content (AvgIpc) is 2.36. The van der Waals surface area contributed by atoms with Gasteiger partial charge in [0.25, 0.3) is 12.0 Å². The van der Waals surface area contributed by atoms with Crippen LogP contribution in [0.3, 0.4) is 0 Å². The first-order valence-corrected chi connectivity index (χ1v) is 3.26. The molecule has 5 nitrogen and oxygen atoms in total. The number of esters is 1. The molecule has 1 aromatic rings. The maximum absolute atomic E-state index is 11.0. The van der Waals surface area contributed by atoms with Crippen molar-refractivity contribution in [3.63, 3.8) is 0 Å². The highest BCUT2D eigenvalue weighted by Gasteiger charge is 2.16. The Labute approximate surface area is 63.8 Å². The van der Waals surface area contributed by atoms with Gasteiger partial charge in [-0.3, -0.25) is 5.84 Å². The van der Waals surface area contributed by atoms with Crippen molar-refractivity contribution < 1.29 is 14.2 Å². The molecule has 0 spiro atoms. The van der Waals surface area contributed by atoms with Gasteiger partial charge in [0.1, 0.15) is 6.20 Å². The normalized spacial score (nSPS) is 9.55. The summed E-state index contributed by atoms with van der Waals surface area (Å²) in [7, 11) is 0. The lowest BCUT2D eigenvalue weighted by atomic mass is 10.5. The second-order valence-electron chi connectivity index (χ2n) is 1.95. The Bertz CT molecular complexity index is 256. The summed E-state index contributed by atoms with van der Waals surface area (Å²) in [6.45, 7) is 2.09. The predicted molar refractivity (Wildman–Crippen MR) is 37.1 cm³/mol. The highest BCUT2D eigenvalue weighted by atomic mass is 16.5. The number of rotatable bonds is 2. The molecule has 0 radical (unpaired) electrons. The van der Waals surface area contributed by atoms with Gasteiger partial charge in [-0.05, 0) is 6.92 Å². The quantitative estimate of drug-likeness (QED) is 0.334. The van der Waals surface area contributed by atoms with Gasteiger partial charge < -0.3 is 4.74 Å².